The summed E-state index contributed by atoms with van der Waals surface area (Å²) in [6, 6.07) is 21.4. The zero-order chi connectivity index (χ0) is 14.5. The SMILES string of the molecule is C[C@@H](NCc1cccc(-c2ccoc2)c1)c1ccccc1. The van der Waals surface area contributed by atoms with Gasteiger partial charge in [-0.3, -0.25) is 0 Å². The van der Waals surface area contributed by atoms with Crippen LogP contribution in [0.2, 0.25) is 0 Å². The van der Waals surface area contributed by atoms with E-state index in [1.54, 1.807) is 12.5 Å². The lowest BCUT2D eigenvalue weighted by Crippen LogP contribution is -2.17. The Kier molecular flexibility index (Phi) is 4.17. The Morgan fingerprint density at radius 3 is 2.57 bits per heavy atom. The second-order valence-corrected chi connectivity index (χ2v) is 5.23. The van der Waals surface area contributed by atoms with Crippen molar-refractivity contribution in [2.45, 2.75) is 19.5 Å². The molecule has 2 aromatic carbocycles. The van der Waals surface area contributed by atoms with Gasteiger partial charge in [0.15, 0.2) is 0 Å². The van der Waals surface area contributed by atoms with Crippen LogP contribution in [-0.2, 0) is 6.54 Å². The molecule has 1 N–H and O–H groups in total. The summed E-state index contributed by atoms with van der Waals surface area (Å²) < 4.78 is 5.15. The Bertz CT molecular complexity index is 674. The van der Waals surface area contributed by atoms with Gasteiger partial charge < -0.3 is 9.73 Å². The number of furan rings is 1. The van der Waals surface area contributed by atoms with Crippen LogP contribution in [0.3, 0.4) is 0 Å². The summed E-state index contributed by atoms with van der Waals surface area (Å²) >= 11 is 0. The van der Waals surface area contributed by atoms with Gasteiger partial charge in [0.05, 0.1) is 12.5 Å². The van der Waals surface area contributed by atoms with Crippen molar-refractivity contribution in [3.63, 3.8) is 0 Å². The molecule has 3 rings (SSSR count). The summed E-state index contributed by atoms with van der Waals surface area (Å²) in [5.74, 6) is 0. The molecular weight excluding hydrogens is 258 g/mol. The Balaban J connectivity index is 1.67. The zero-order valence-electron chi connectivity index (χ0n) is 12.1. The zero-order valence-corrected chi connectivity index (χ0v) is 12.1. The summed E-state index contributed by atoms with van der Waals surface area (Å²) in [4.78, 5) is 0. The van der Waals surface area contributed by atoms with Gasteiger partial charge in [0.2, 0.25) is 0 Å². The maximum absolute atomic E-state index is 5.15. The summed E-state index contributed by atoms with van der Waals surface area (Å²) in [5, 5.41) is 3.56. The standard InChI is InChI=1S/C19H19NO/c1-15(17-7-3-2-4-8-17)20-13-16-6-5-9-18(12-16)19-10-11-21-14-19/h2-12,14-15,20H,13H2,1H3/t15-/m1/s1. The fourth-order valence-corrected chi connectivity index (χ4v) is 2.42. The first kappa shape index (κ1) is 13.7. The maximum Gasteiger partial charge on any atom is 0.0980 e. The molecule has 106 valence electrons. The molecule has 1 atom stereocenters. The van der Waals surface area contributed by atoms with Gasteiger partial charge in [0.25, 0.3) is 0 Å². The lowest BCUT2D eigenvalue weighted by Gasteiger charge is -2.14. The van der Waals surface area contributed by atoms with Gasteiger partial charge in [0.1, 0.15) is 0 Å². The third-order valence-electron chi connectivity index (χ3n) is 3.69. The molecule has 0 radical (unpaired) electrons. The topological polar surface area (TPSA) is 25.2 Å². The van der Waals surface area contributed by atoms with Crippen molar-refractivity contribution >= 4 is 0 Å². The first-order chi connectivity index (χ1) is 10.3. The van der Waals surface area contributed by atoms with Crippen molar-refractivity contribution < 1.29 is 4.42 Å². The molecule has 0 aliphatic rings. The van der Waals surface area contributed by atoms with Crippen LogP contribution in [0.25, 0.3) is 11.1 Å². The first-order valence-electron chi connectivity index (χ1n) is 7.23. The number of hydrogen-bond acceptors (Lipinski definition) is 2. The number of hydrogen-bond donors (Lipinski definition) is 1. The molecule has 0 bridgehead atoms. The molecule has 0 amide bonds. The lowest BCUT2D eigenvalue weighted by molar-refractivity contribution is 0.568. The minimum Gasteiger partial charge on any atom is -0.472 e. The summed E-state index contributed by atoms with van der Waals surface area (Å²) in [7, 11) is 0. The quantitative estimate of drug-likeness (QED) is 0.725. The molecule has 3 aromatic rings. The van der Waals surface area contributed by atoms with E-state index >= 15 is 0 Å². The van der Waals surface area contributed by atoms with E-state index in [0.29, 0.717) is 6.04 Å². The minimum absolute atomic E-state index is 0.337. The second kappa shape index (κ2) is 6.42. The van der Waals surface area contributed by atoms with Gasteiger partial charge in [-0.1, -0.05) is 48.5 Å². The lowest BCUT2D eigenvalue weighted by atomic mass is 10.0. The van der Waals surface area contributed by atoms with E-state index in [9.17, 15) is 0 Å². The van der Waals surface area contributed by atoms with E-state index in [4.69, 9.17) is 4.42 Å². The molecule has 2 heteroatoms. The normalized spacial score (nSPS) is 12.2. The monoisotopic (exact) mass is 277 g/mol. The second-order valence-electron chi connectivity index (χ2n) is 5.23. The summed E-state index contributed by atoms with van der Waals surface area (Å²) in [6.45, 7) is 3.04. The molecule has 0 saturated carbocycles. The molecule has 0 saturated heterocycles. The minimum atomic E-state index is 0.337. The van der Waals surface area contributed by atoms with Crippen molar-refractivity contribution in [1.82, 2.24) is 5.32 Å². The van der Waals surface area contributed by atoms with Crippen molar-refractivity contribution in [2.24, 2.45) is 0 Å². The molecule has 1 aromatic heterocycles. The number of rotatable bonds is 5. The van der Waals surface area contributed by atoms with Crippen LogP contribution in [0.5, 0.6) is 0 Å². The van der Waals surface area contributed by atoms with E-state index < -0.39 is 0 Å². The van der Waals surface area contributed by atoms with Crippen LogP contribution in [-0.4, -0.2) is 0 Å². The van der Waals surface area contributed by atoms with Gasteiger partial charge >= 0.3 is 0 Å². The van der Waals surface area contributed by atoms with Crippen molar-refractivity contribution in [2.75, 3.05) is 0 Å². The van der Waals surface area contributed by atoms with Crippen LogP contribution >= 0.6 is 0 Å². The molecular formula is C19H19NO. The van der Waals surface area contributed by atoms with Crippen LogP contribution in [0.4, 0.5) is 0 Å². The van der Waals surface area contributed by atoms with E-state index in [-0.39, 0.29) is 0 Å². The van der Waals surface area contributed by atoms with Crippen LogP contribution in [0.15, 0.2) is 77.6 Å². The van der Waals surface area contributed by atoms with Crippen LogP contribution in [0, 0.1) is 0 Å². The average Bonchev–Trinajstić information content (AvgIpc) is 3.08. The molecule has 1 heterocycles. The van der Waals surface area contributed by atoms with E-state index in [0.717, 1.165) is 12.1 Å². The number of nitrogens with one attached hydrogen (secondary N) is 1. The molecule has 0 fully saturated rings. The Morgan fingerprint density at radius 1 is 0.952 bits per heavy atom. The molecule has 0 aliphatic heterocycles. The predicted octanol–water partition coefficient (Wildman–Crippen LogP) is 4.80. The molecule has 0 spiro atoms. The third-order valence-corrected chi connectivity index (χ3v) is 3.69. The van der Waals surface area contributed by atoms with Gasteiger partial charge in [-0.05, 0) is 35.7 Å². The average molecular weight is 277 g/mol. The predicted molar refractivity (Wildman–Crippen MR) is 85.8 cm³/mol. The third kappa shape index (κ3) is 3.41. The fraction of sp³-hybridized carbons (Fsp3) is 0.158. The highest BCUT2D eigenvalue weighted by Gasteiger charge is 2.05. The Hall–Kier alpha value is -2.32. The molecule has 0 unspecified atom stereocenters. The van der Waals surface area contributed by atoms with Gasteiger partial charge in [0, 0.05) is 18.2 Å². The van der Waals surface area contributed by atoms with Crippen molar-refractivity contribution in [3.05, 3.63) is 84.3 Å². The van der Waals surface area contributed by atoms with Crippen LogP contribution < -0.4 is 5.32 Å². The largest absolute Gasteiger partial charge is 0.472 e. The van der Waals surface area contributed by atoms with Crippen molar-refractivity contribution in [3.8, 4) is 11.1 Å². The van der Waals surface area contributed by atoms with Gasteiger partial charge in [-0.25, -0.2) is 0 Å². The highest BCUT2D eigenvalue weighted by atomic mass is 16.3. The van der Waals surface area contributed by atoms with Gasteiger partial charge in [-0.15, -0.1) is 0 Å². The highest BCUT2D eigenvalue weighted by molar-refractivity contribution is 5.62. The molecule has 2 nitrogen and oxygen atoms in total. The van der Waals surface area contributed by atoms with E-state index in [2.05, 4.69) is 60.8 Å². The first-order valence-corrected chi connectivity index (χ1v) is 7.23. The highest BCUT2D eigenvalue weighted by Crippen LogP contribution is 2.21. The fourth-order valence-electron chi connectivity index (χ4n) is 2.42. The Morgan fingerprint density at radius 2 is 1.81 bits per heavy atom. The summed E-state index contributed by atoms with van der Waals surface area (Å²) in [6.07, 6.45) is 3.48. The van der Waals surface area contributed by atoms with Gasteiger partial charge in [-0.2, -0.15) is 0 Å². The van der Waals surface area contributed by atoms with E-state index in [1.807, 2.05) is 12.1 Å². The molecule has 21 heavy (non-hydrogen) atoms. The van der Waals surface area contributed by atoms with E-state index in [1.165, 1.54) is 16.7 Å². The summed E-state index contributed by atoms with van der Waals surface area (Å²) in [5.41, 5.74) is 4.89. The molecule has 0 aliphatic carbocycles. The Labute approximate surface area is 125 Å². The maximum atomic E-state index is 5.15. The number of benzene rings is 2. The van der Waals surface area contributed by atoms with Crippen LogP contribution in [0.1, 0.15) is 24.1 Å². The smallest absolute Gasteiger partial charge is 0.0980 e. The van der Waals surface area contributed by atoms with Crippen molar-refractivity contribution in [1.29, 1.82) is 0 Å².